The van der Waals surface area contributed by atoms with E-state index in [1.807, 2.05) is 35.0 Å². The number of nitrogens with zero attached hydrogens (tertiary/aromatic N) is 1. The maximum Gasteiger partial charge on any atom is 0.217 e. The Kier molecular flexibility index (Phi) is 7.51. The van der Waals surface area contributed by atoms with Gasteiger partial charge in [0.2, 0.25) is 5.91 Å². The van der Waals surface area contributed by atoms with Crippen LogP contribution in [0.4, 0.5) is 0 Å². The Morgan fingerprint density at radius 1 is 1.19 bits per heavy atom. The molecule has 160 valence electrons. The predicted molar refractivity (Wildman–Crippen MR) is 123 cm³/mol. The molecular weight excluding hydrogens is 414 g/mol. The molecule has 0 spiro atoms. The number of carbonyl (C=O) groups is 2. The summed E-state index contributed by atoms with van der Waals surface area (Å²) < 4.78 is 8.18. The lowest BCUT2D eigenvalue weighted by atomic mass is 10.1. The highest BCUT2D eigenvalue weighted by Gasteiger charge is 2.12. The molecule has 3 rings (SSSR count). The van der Waals surface area contributed by atoms with Gasteiger partial charge in [0.05, 0.1) is 5.52 Å². The Labute approximate surface area is 186 Å². The molecule has 0 radical (unpaired) electrons. The molecule has 0 unspecified atom stereocenters. The lowest BCUT2D eigenvalue weighted by Crippen LogP contribution is -2.18. The average Bonchev–Trinajstić information content (AvgIpc) is 3.15. The van der Waals surface area contributed by atoms with E-state index in [9.17, 15) is 9.59 Å². The van der Waals surface area contributed by atoms with Crippen molar-refractivity contribution in [1.29, 1.82) is 0 Å². The summed E-state index contributed by atoms with van der Waals surface area (Å²) in [4.78, 5) is 22.5. The number of nitrogens with one attached hydrogen (secondary N) is 2. The zero-order chi connectivity index (χ0) is 22.2. The number of ether oxygens (including phenoxy) is 1. The van der Waals surface area contributed by atoms with Gasteiger partial charge in [0.15, 0.2) is 0 Å². The van der Waals surface area contributed by atoms with Crippen LogP contribution in [0.5, 0.6) is 11.5 Å². The molecule has 0 aliphatic rings. The quantitative estimate of drug-likeness (QED) is 0.292. The van der Waals surface area contributed by atoms with E-state index in [4.69, 9.17) is 16.3 Å². The first-order valence-corrected chi connectivity index (χ1v) is 10.2. The van der Waals surface area contributed by atoms with Crippen molar-refractivity contribution in [2.45, 2.75) is 20.0 Å². The molecule has 0 aliphatic heterocycles. The number of aldehydes is 1. The van der Waals surface area contributed by atoms with Gasteiger partial charge in [0.25, 0.3) is 0 Å². The molecule has 7 heteroatoms. The number of amides is 1. The Morgan fingerprint density at radius 2 is 1.97 bits per heavy atom. The number of rotatable bonds is 9. The van der Waals surface area contributed by atoms with Gasteiger partial charge in [0.1, 0.15) is 17.8 Å². The molecule has 1 aromatic heterocycles. The van der Waals surface area contributed by atoms with Gasteiger partial charge in [-0.3, -0.25) is 9.59 Å². The number of hydrogen-bond acceptors (Lipinski definition) is 4. The Bertz CT molecular complexity index is 1130. The fraction of sp³-hybridized carbons (Fsp3) is 0.167. The minimum Gasteiger partial charge on any atom is -0.457 e. The third-order valence-electron chi connectivity index (χ3n) is 4.59. The number of carbonyl (C=O) groups excluding carboxylic acids is 2. The normalized spacial score (nSPS) is 11.6. The Morgan fingerprint density at radius 3 is 2.65 bits per heavy atom. The molecule has 3 aromatic rings. The van der Waals surface area contributed by atoms with E-state index in [0.717, 1.165) is 28.3 Å². The predicted octanol–water partition coefficient (Wildman–Crippen LogP) is 4.58. The molecule has 31 heavy (non-hydrogen) atoms. The van der Waals surface area contributed by atoms with E-state index < -0.39 is 0 Å². The third kappa shape index (κ3) is 5.99. The van der Waals surface area contributed by atoms with Crippen LogP contribution in [0.3, 0.4) is 0 Å². The minimum absolute atomic E-state index is 0.107. The van der Waals surface area contributed by atoms with Crippen LogP contribution in [0.25, 0.3) is 10.9 Å². The van der Waals surface area contributed by atoms with Crippen LogP contribution in [0.2, 0.25) is 5.02 Å². The first kappa shape index (κ1) is 22.2. The molecule has 0 saturated heterocycles. The van der Waals surface area contributed by atoms with Crippen LogP contribution in [-0.4, -0.2) is 23.8 Å². The number of benzene rings is 2. The van der Waals surface area contributed by atoms with Gasteiger partial charge in [-0.15, -0.1) is 0 Å². The molecule has 0 saturated carbocycles. The number of hydrogen-bond donors (Lipinski definition) is 2. The molecule has 2 aromatic carbocycles. The van der Waals surface area contributed by atoms with Crippen LogP contribution >= 0.6 is 11.6 Å². The zero-order valence-electron chi connectivity index (χ0n) is 17.4. The summed E-state index contributed by atoms with van der Waals surface area (Å²) in [6.07, 6.45) is 7.89. The van der Waals surface area contributed by atoms with Gasteiger partial charge in [-0.05, 0) is 72.0 Å². The summed E-state index contributed by atoms with van der Waals surface area (Å²) in [5.41, 5.74) is 2.68. The Balaban J connectivity index is 2.02. The summed E-state index contributed by atoms with van der Waals surface area (Å²) in [6.45, 7) is 2.37. The van der Waals surface area contributed by atoms with Crippen LogP contribution in [0.1, 0.15) is 12.5 Å². The van der Waals surface area contributed by atoms with E-state index in [2.05, 4.69) is 10.6 Å². The molecule has 0 bridgehead atoms. The highest BCUT2D eigenvalue weighted by atomic mass is 35.5. The monoisotopic (exact) mass is 437 g/mol. The smallest absolute Gasteiger partial charge is 0.217 e. The van der Waals surface area contributed by atoms with Crippen LogP contribution in [0, 0.1) is 0 Å². The summed E-state index contributed by atoms with van der Waals surface area (Å²) in [5, 5.41) is 7.31. The van der Waals surface area contributed by atoms with E-state index in [0.29, 0.717) is 29.6 Å². The van der Waals surface area contributed by atoms with Crippen molar-refractivity contribution < 1.29 is 14.3 Å². The van der Waals surface area contributed by atoms with Crippen LogP contribution in [-0.2, 0) is 22.7 Å². The second-order valence-corrected chi connectivity index (χ2v) is 7.37. The molecule has 6 nitrogen and oxygen atoms in total. The van der Waals surface area contributed by atoms with Gasteiger partial charge < -0.3 is 19.9 Å². The van der Waals surface area contributed by atoms with E-state index in [-0.39, 0.29) is 5.91 Å². The van der Waals surface area contributed by atoms with Crippen LogP contribution in [0.15, 0.2) is 72.6 Å². The lowest BCUT2D eigenvalue weighted by molar-refractivity contribution is -0.119. The van der Waals surface area contributed by atoms with Gasteiger partial charge in [-0.25, -0.2) is 0 Å². The fourth-order valence-electron chi connectivity index (χ4n) is 3.13. The van der Waals surface area contributed by atoms with Crippen molar-refractivity contribution in [2.24, 2.45) is 0 Å². The largest absolute Gasteiger partial charge is 0.457 e. The molecule has 2 N–H and O–H groups in total. The van der Waals surface area contributed by atoms with E-state index in [1.165, 1.54) is 13.0 Å². The first-order chi connectivity index (χ1) is 15.0. The Hall–Kier alpha value is -3.51. The van der Waals surface area contributed by atoms with Gasteiger partial charge in [0, 0.05) is 43.7 Å². The minimum atomic E-state index is -0.107. The lowest BCUT2D eigenvalue weighted by Gasteiger charge is -2.13. The van der Waals surface area contributed by atoms with Crippen molar-refractivity contribution in [3.8, 4) is 11.5 Å². The number of aromatic nitrogens is 1. The maximum absolute atomic E-state index is 11.4. The second kappa shape index (κ2) is 10.5. The summed E-state index contributed by atoms with van der Waals surface area (Å²) in [7, 11) is 1.80. The SMILES string of the molecule is CN/C=C\C(=C/C=O)Cn1ccc2c(Oc3ccc(Cl)cc3)cc(CNC(C)=O)cc21. The summed E-state index contributed by atoms with van der Waals surface area (Å²) in [6, 6.07) is 13.1. The molecule has 1 heterocycles. The van der Waals surface area contributed by atoms with Gasteiger partial charge in [-0.1, -0.05) is 11.6 Å². The standard InChI is InChI=1S/C24H24ClN3O3/c1-17(30)27-15-19-13-23-22(24(14-19)31-21-5-3-20(25)4-6-21)8-11-28(23)16-18(9-12-29)7-10-26-2/h3-14,26H,15-16H2,1-2H3,(H,27,30)/b10-7-,18-9+. The highest BCUT2D eigenvalue weighted by Crippen LogP contribution is 2.33. The molecule has 0 aliphatic carbocycles. The van der Waals surface area contributed by atoms with Gasteiger partial charge >= 0.3 is 0 Å². The molecule has 0 fully saturated rings. The second-order valence-electron chi connectivity index (χ2n) is 6.94. The van der Waals surface area contributed by atoms with Crippen molar-refractivity contribution in [2.75, 3.05) is 7.05 Å². The summed E-state index contributed by atoms with van der Waals surface area (Å²) >= 11 is 5.98. The van der Waals surface area contributed by atoms with E-state index in [1.54, 1.807) is 37.5 Å². The first-order valence-electron chi connectivity index (χ1n) is 9.78. The van der Waals surface area contributed by atoms with Crippen molar-refractivity contribution >= 4 is 34.7 Å². The summed E-state index contributed by atoms with van der Waals surface area (Å²) in [5.74, 6) is 1.23. The molecule has 1 amide bonds. The number of fused-ring (bicyclic) bond motifs is 1. The zero-order valence-corrected chi connectivity index (χ0v) is 18.1. The van der Waals surface area contributed by atoms with Crippen LogP contribution < -0.4 is 15.4 Å². The fourth-order valence-corrected chi connectivity index (χ4v) is 3.26. The van der Waals surface area contributed by atoms with Crippen molar-refractivity contribution in [1.82, 2.24) is 15.2 Å². The number of halogens is 1. The highest BCUT2D eigenvalue weighted by molar-refractivity contribution is 6.30. The van der Waals surface area contributed by atoms with Crippen molar-refractivity contribution in [3.05, 3.63) is 83.2 Å². The van der Waals surface area contributed by atoms with Crippen molar-refractivity contribution in [3.63, 3.8) is 0 Å². The number of allylic oxidation sites excluding steroid dienone is 3. The maximum atomic E-state index is 11.4. The average molecular weight is 438 g/mol. The van der Waals surface area contributed by atoms with E-state index >= 15 is 0 Å². The molecule has 0 atom stereocenters. The van der Waals surface area contributed by atoms with Gasteiger partial charge in [-0.2, -0.15) is 0 Å². The molecular formula is C24H24ClN3O3. The third-order valence-corrected chi connectivity index (χ3v) is 4.84. The topological polar surface area (TPSA) is 72.4 Å².